The molecule has 0 aliphatic carbocycles. The lowest BCUT2D eigenvalue weighted by atomic mass is 10.3. The van der Waals surface area contributed by atoms with E-state index in [1.54, 1.807) is 18.3 Å². The monoisotopic (exact) mass is 313 g/mol. The van der Waals surface area contributed by atoms with Gasteiger partial charge in [-0.1, -0.05) is 6.07 Å². The van der Waals surface area contributed by atoms with Crippen molar-refractivity contribution in [1.29, 1.82) is 0 Å². The molecule has 0 amide bonds. The van der Waals surface area contributed by atoms with Gasteiger partial charge in [0.2, 0.25) is 0 Å². The highest BCUT2D eigenvalue weighted by Gasteiger charge is 2.00. The average molecular weight is 313 g/mol. The summed E-state index contributed by atoms with van der Waals surface area (Å²) in [5, 5.41) is 4.75. The molecule has 5 nitrogen and oxygen atoms in total. The van der Waals surface area contributed by atoms with Gasteiger partial charge in [0.15, 0.2) is 0 Å². The van der Waals surface area contributed by atoms with Gasteiger partial charge in [-0.15, -0.1) is 0 Å². The van der Waals surface area contributed by atoms with Crippen molar-refractivity contribution in [3.8, 4) is 0 Å². The second-order valence-corrected chi connectivity index (χ2v) is 4.84. The Morgan fingerprint density at radius 1 is 1.54 bits per heavy atom. The molecule has 0 aromatic carbocycles. The zero-order valence-corrected chi connectivity index (χ0v) is 9.54. The maximum absolute atomic E-state index is 10.5. The van der Waals surface area contributed by atoms with E-state index in [-0.39, 0.29) is 6.54 Å². The van der Waals surface area contributed by atoms with Gasteiger partial charge < -0.3 is 0 Å². The Hall–Kier alpha value is -0.250. The molecular formula is C6H8IN3O2S. The minimum atomic E-state index is -3.61. The smallest absolute Gasteiger partial charge is 0.250 e. The van der Waals surface area contributed by atoms with Crippen LogP contribution in [0.4, 0.5) is 0 Å². The van der Waals surface area contributed by atoms with Crippen molar-refractivity contribution in [2.75, 3.05) is 0 Å². The standard InChI is InChI=1S/C6H8IN3O2S/c7-6-2-1-5(3-9-6)4-10-13(8,11)12/h1-3,10H,4H2,(H2,8,11,12). The molecule has 0 fully saturated rings. The number of nitrogens with two attached hydrogens (primary N) is 1. The van der Waals surface area contributed by atoms with Gasteiger partial charge >= 0.3 is 0 Å². The van der Waals surface area contributed by atoms with Crippen molar-refractivity contribution in [2.45, 2.75) is 6.54 Å². The van der Waals surface area contributed by atoms with Gasteiger partial charge in [0.1, 0.15) is 3.70 Å². The fourth-order valence-electron chi connectivity index (χ4n) is 0.695. The van der Waals surface area contributed by atoms with Crippen LogP contribution in [0, 0.1) is 3.70 Å². The van der Waals surface area contributed by atoms with E-state index in [9.17, 15) is 8.42 Å². The summed E-state index contributed by atoms with van der Waals surface area (Å²) < 4.78 is 24.1. The molecule has 0 saturated heterocycles. The number of halogens is 1. The van der Waals surface area contributed by atoms with Crippen LogP contribution in [0.3, 0.4) is 0 Å². The van der Waals surface area contributed by atoms with Crippen LogP contribution in [0.2, 0.25) is 0 Å². The molecule has 7 heteroatoms. The highest BCUT2D eigenvalue weighted by molar-refractivity contribution is 14.1. The normalized spacial score (nSPS) is 11.5. The number of rotatable bonds is 3. The molecule has 1 heterocycles. The fraction of sp³-hybridized carbons (Fsp3) is 0.167. The van der Waals surface area contributed by atoms with Crippen LogP contribution in [-0.4, -0.2) is 13.4 Å². The second-order valence-electron chi connectivity index (χ2n) is 2.36. The quantitative estimate of drug-likeness (QED) is 0.607. The van der Waals surface area contributed by atoms with Gasteiger partial charge in [0.25, 0.3) is 10.2 Å². The summed E-state index contributed by atoms with van der Waals surface area (Å²) in [6.45, 7) is 0.169. The molecule has 0 atom stereocenters. The van der Waals surface area contributed by atoms with E-state index in [0.29, 0.717) is 0 Å². The van der Waals surface area contributed by atoms with Gasteiger partial charge in [-0.2, -0.15) is 13.1 Å². The third kappa shape index (κ3) is 4.50. The number of nitrogens with one attached hydrogen (secondary N) is 1. The molecule has 0 spiro atoms. The van der Waals surface area contributed by atoms with Crippen LogP contribution < -0.4 is 9.86 Å². The fourth-order valence-corrected chi connectivity index (χ4v) is 1.38. The lowest BCUT2D eigenvalue weighted by Gasteiger charge is -2.01. The molecule has 0 bridgehead atoms. The molecule has 1 rings (SSSR count). The van der Waals surface area contributed by atoms with Crippen molar-refractivity contribution in [1.82, 2.24) is 9.71 Å². The molecule has 0 radical (unpaired) electrons. The van der Waals surface area contributed by atoms with Gasteiger partial charge in [-0.3, -0.25) is 0 Å². The minimum absolute atomic E-state index is 0.169. The van der Waals surface area contributed by atoms with Gasteiger partial charge in [-0.25, -0.2) is 10.1 Å². The van der Waals surface area contributed by atoms with Crippen LogP contribution in [0.15, 0.2) is 18.3 Å². The average Bonchev–Trinajstić information content (AvgIpc) is 2.02. The Morgan fingerprint density at radius 3 is 2.69 bits per heavy atom. The predicted octanol–water partition coefficient (Wildman–Crippen LogP) is -0.0207. The zero-order valence-electron chi connectivity index (χ0n) is 6.57. The lowest BCUT2D eigenvalue weighted by Crippen LogP contribution is -2.30. The molecule has 0 unspecified atom stereocenters. The van der Waals surface area contributed by atoms with Crippen molar-refractivity contribution in [2.24, 2.45) is 5.14 Å². The first-order valence-corrected chi connectivity index (χ1v) is 5.98. The number of aromatic nitrogens is 1. The Bertz CT molecular complexity index is 375. The molecule has 1 aromatic heterocycles. The predicted molar refractivity (Wildman–Crippen MR) is 56.9 cm³/mol. The summed E-state index contributed by atoms with van der Waals surface area (Å²) in [6.07, 6.45) is 1.60. The van der Waals surface area contributed by atoms with Crippen LogP contribution in [0.5, 0.6) is 0 Å². The van der Waals surface area contributed by atoms with E-state index in [1.807, 2.05) is 0 Å². The second kappa shape index (κ2) is 4.31. The molecule has 0 aliphatic heterocycles. The zero-order chi connectivity index (χ0) is 9.90. The third-order valence-corrected chi connectivity index (χ3v) is 2.45. The first-order valence-electron chi connectivity index (χ1n) is 3.35. The van der Waals surface area contributed by atoms with Crippen molar-refractivity contribution < 1.29 is 8.42 Å². The van der Waals surface area contributed by atoms with Gasteiger partial charge in [0.05, 0.1) is 0 Å². The maximum Gasteiger partial charge on any atom is 0.274 e. The van der Waals surface area contributed by atoms with Crippen molar-refractivity contribution >= 4 is 32.8 Å². The Labute approximate surface area is 90.1 Å². The maximum atomic E-state index is 10.5. The summed E-state index contributed by atoms with van der Waals surface area (Å²) in [7, 11) is -3.61. The minimum Gasteiger partial charge on any atom is -0.250 e. The Morgan fingerprint density at radius 2 is 2.23 bits per heavy atom. The van der Waals surface area contributed by atoms with E-state index in [4.69, 9.17) is 5.14 Å². The first-order chi connectivity index (χ1) is 5.97. The van der Waals surface area contributed by atoms with E-state index in [1.165, 1.54) is 0 Å². The van der Waals surface area contributed by atoms with Crippen LogP contribution in [0.1, 0.15) is 5.56 Å². The van der Waals surface area contributed by atoms with E-state index in [2.05, 4.69) is 32.3 Å². The SMILES string of the molecule is NS(=O)(=O)NCc1ccc(I)nc1. The van der Waals surface area contributed by atoms with E-state index < -0.39 is 10.2 Å². The molecule has 0 saturated carbocycles. The van der Waals surface area contributed by atoms with Crippen molar-refractivity contribution in [3.05, 3.63) is 27.6 Å². The van der Waals surface area contributed by atoms with Crippen LogP contribution in [-0.2, 0) is 16.8 Å². The highest BCUT2D eigenvalue weighted by Crippen LogP contribution is 2.02. The Balaban J connectivity index is 2.61. The molecule has 3 N–H and O–H groups in total. The lowest BCUT2D eigenvalue weighted by molar-refractivity contribution is 0.583. The Kier molecular flexibility index (Phi) is 3.59. The van der Waals surface area contributed by atoms with E-state index >= 15 is 0 Å². The van der Waals surface area contributed by atoms with Crippen LogP contribution >= 0.6 is 22.6 Å². The molecular weight excluding hydrogens is 305 g/mol. The van der Waals surface area contributed by atoms with E-state index in [0.717, 1.165) is 9.26 Å². The van der Waals surface area contributed by atoms with Gasteiger partial charge in [0, 0.05) is 12.7 Å². The first kappa shape index (κ1) is 10.8. The van der Waals surface area contributed by atoms with Crippen LogP contribution in [0.25, 0.3) is 0 Å². The third-order valence-electron chi connectivity index (χ3n) is 1.27. The summed E-state index contributed by atoms with van der Waals surface area (Å²) in [6, 6.07) is 3.58. The topological polar surface area (TPSA) is 85.1 Å². The van der Waals surface area contributed by atoms with Crippen molar-refractivity contribution in [3.63, 3.8) is 0 Å². The number of pyridine rings is 1. The largest absolute Gasteiger partial charge is 0.274 e. The molecule has 1 aromatic rings. The molecule has 72 valence electrons. The summed E-state index contributed by atoms with van der Waals surface area (Å²) in [5.41, 5.74) is 0.773. The summed E-state index contributed by atoms with van der Waals surface area (Å²) in [4.78, 5) is 3.99. The van der Waals surface area contributed by atoms with Gasteiger partial charge in [-0.05, 0) is 34.2 Å². The number of nitrogens with zero attached hydrogens (tertiary/aromatic N) is 1. The number of hydrogen-bond acceptors (Lipinski definition) is 3. The number of hydrogen-bond donors (Lipinski definition) is 2. The summed E-state index contributed by atoms with van der Waals surface area (Å²) >= 11 is 2.07. The summed E-state index contributed by atoms with van der Waals surface area (Å²) in [5.74, 6) is 0. The molecule has 0 aliphatic rings. The molecule has 13 heavy (non-hydrogen) atoms. The highest BCUT2D eigenvalue weighted by atomic mass is 127.